The van der Waals surface area contributed by atoms with Gasteiger partial charge < -0.3 is 10.1 Å². The van der Waals surface area contributed by atoms with Crippen molar-refractivity contribution in [1.29, 1.82) is 0 Å². The Labute approximate surface area is 139 Å². The summed E-state index contributed by atoms with van der Waals surface area (Å²) in [5.74, 6) is -0.131. The third-order valence-electron chi connectivity index (χ3n) is 3.86. The first-order valence-corrected chi connectivity index (χ1v) is 8.67. The SMILES string of the molecule is O=C(COC(=O)Cc1ccsc1)N[C@H](c1ccccc1)C1CC1. The zero-order valence-electron chi connectivity index (χ0n) is 12.7. The summed E-state index contributed by atoms with van der Waals surface area (Å²) in [6.07, 6.45) is 2.46. The van der Waals surface area contributed by atoms with E-state index in [4.69, 9.17) is 4.74 Å². The zero-order valence-corrected chi connectivity index (χ0v) is 13.6. The molecule has 0 unspecified atom stereocenters. The second kappa shape index (κ2) is 7.42. The smallest absolute Gasteiger partial charge is 0.310 e. The third kappa shape index (κ3) is 4.66. The van der Waals surface area contributed by atoms with E-state index in [1.165, 1.54) is 11.3 Å². The Morgan fingerprint density at radius 2 is 2.00 bits per heavy atom. The quantitative estimate of drug-likeness (QED) is 0.794. The topological polar surface area (TPSA) is 55.4 Å². The maximum Gasteiger partial charge on any atom is 0.310 e. The lowest BCUT2D eigenvalue weighted by atomic mass is 10.0. The number of hydrogen-bond donors (Lipinski definition) is 1. The van der Waals surface area contributed by atoms with Crippen LogP contribution in [-0.4, -0.2) is 18.5 Å². The van der Waals surface area contributed by atoms with E-state index in [-0.39, 0.29) is 30.9 Å². The number of amides is 1. The van der Waals surface area contributed by atoms with Crippen LogP contribution in [0.15, 0.2) is 47.2 Å². The highest BCUT2D eigenvalue weighted by Crippen LogP contribution is 2.40. The number of carbonyl (C=O) groups is 2. The van der Waals surface area contributed by atoms with Crippen LogP contribution in [0.5, 0.6) is 0 Å². The summed E-state index contributed by atoms with van der Waals surface area (Å²) in [6, 6.07) is 11.8. The fourth-order valence-electron chi connectivity index (χ4n) is 2.54. The molecule has 1 aromatic heterocycles. The molecule has 23 heavy (non-hydrogen) atoms. The molecule has 0 radical (unpaired) electrons. The Balaban J connectivity index is 1.49. The molecule has 1 saturated carbocycles. The van der Waals surface area contributed by atoms with E-state index >= 15 is 0 Å². The number of esters is 1. The zero-order chi connectivity index (χ0) is 16.1. The number of hydrogen-bond acceptors (Lipinski definition) is 4. The van der Waals surface area contributed by atoms with Crippen molar-refractivity contribution in [3.63, 3.8) is 0 Å². The molecule has 1 aliphatic rings. The van der Waals surface area contributed by atoms with Crippen LogP contribution in [0.1, 0.15) is 30.0 Å². The number of ether oxygens (including phenoxy) is 1. The van der Waals surface area contributed by atoms with Crippen LogP contribution in [0.25, 0.3) is 0 Å². The van der Waals surface area contributed by atoms with Crippen molar-refractivity contribution in [3.05, 3.63) is 58.3 Å². The van der Waals surface area contributed by atoms with Gasteiger partial charge in [0, 0.05) is 0 Å². The lowest BCUT2D eigenvalue weighted by Crippen LogP contribution is -2.33. The van der Waals surface area contributed by atoms with Crippen molar-refractivity contribution in [1.82, 2.24) is 5.32 Å². The van der Waals surface area contributed by atoms with Gasteiger partial charge in [0.2, 0.25) is 0 Å². The molecule has 0 bridgehead atoms. The predicted octanol–water partition coefficient (Wildman–Crippen LogP) is 3.10. The van der Waals surface area contributed by atoms with E-state index in [1.54, 1.807) is 0 Å². The van der Waals surface area contributed by atoms with Gasteiger partial charge in [-0.2, -0.15) is 11.3 Å². The van der Waals surface area contributed by atoms with Gasteiger partial charge in [-0.3, -0.25) is 9.59 Å². The third-order valence-corrected chi connectivity index (χ3v) is 4.59. The van der Waals surface area contributed by atoms with Crippen molar-refractivity contribution < 1.29 is 14.3 Å². The Kier molecular flexibility index (Phi) is 5.08. The van der Waals surface area contributed by atoms with Gasteiger partial charge in [-0.05, 0) is 46.7 Å². The Morgan fingerprint density at radius 1 is 1.22 bits per heavy atom. The molecule has 2 aromatic rings. The summed E-state index contributed by atoms with van der Waals surface area (Å²) in [5.41, 5.74) is 2.02. The molecule has 0 aliphatic heterocycles. The van der Waals surface area contributed by atoms with Crippen LogP contribution >= 0.6 is 11.3 Å². The van der Waals surface area contributed by atoms with Crippen molar-refractivity contribution >= 4 is 23.2 Å². The molecule has 1 fully saturated rings. The van der Waals surface area contributed by atoms with Crippen LogP contribution < -0.4 is 5.32 Å². The Bertz CT molecular complexity index is 650. The average Bonchev–Trinajstić information content (AvgIpc) is 3.28. The van der Waals surface area contributed by atoms with Gasteiger partial charge in [-0.25, -0.2) is 0 Å². The lowest BCUT2D eigenvalue weighted by molar-refractivity contribution is -0.148. The average molecular weight is 329 g/mol. The molecule has 1 aromatic carbocycles. The van der Waals surface area contributed by atoms with Crippen molar-refractivity contribution in [2.45, 2.75) is 25.3 Å². The molecule has 4 nitrogen and oxygen atoms in total. The van der Waals surface area contributed by atoms with Crippen molar-refractivity contribution in [2.24, 2.45) is 5.92 Å². The number of rotatable bonds is 7. The molecule has 1 N–H and O–H groups in total. The Hall–Kier alpha value is -2.14. The predicted molar refractivity (Wildman–Crippen MR) is 89.0 cm³/mol. The molecular formula is C18H19NO3S. The minimum atomic E-state index is -0.374. The number of nitrogens with one attached hydrogen (secondary N) is 1. The Morgan fingerprint density at radius 3 is 2.65 bits per heavy atom. The highest BCUT2D eigenvalue weighted by Gasteiger charge is 2.33. The molecule has 120 valence electrons. The summed E-state index contributed by atoms with van der Waals surface area (Å²) in [6.45, 7) is -0.223. The highest BCUT2D eigenvalue weighted by atomic mass is 32.1. The molecule has 1 atom stereocenters. The van der Waals surface area contributed by atoms with Gasteiger partial charge in [-0.1, -0.05) is 30.3 Å². The molecule has 0 saturated heterocycles. The van der Waals surface area contributed by atoms with Crippen LogP contribution in [0.4, 0.5) is 0 Å². The van der Waals surface area contributed by atoms with E-state index in [0.29, 0.717) is 5.92 Å². The van der Waals surface area contributed by atoms with E-state index in [0.717, 1.165) is 24.0 Å². The largest absolute Gasteiger partial charge is 0.455 e. The van der Waals surface area contributed by atoms with Gasteiger partial charge >= 0.3 is 5.97 Å². The first-order chi connectivity index (χ1) is 11.2. The minimum absolute atomic E-state index is 0.0132. The molecular weight excluding hydrogens is 310 g/mol. The first kappa shape index (κ1) is 15.7. The van der Waals surface area contributed by atoms with Crippen molar-refractivity contribution in [3.8, 4) is 0 Å². The molecule has 1 aliphatic carbocycles. The summed E-state index contributed by atoms with van der Waals surface area (Å²) in [7, 11) is 0. The lowest BCUT2D eigenvalue weighted by Gasteiger charge is -2.18. The first-order valence-electron chi connectivity index (χ1n) is 7.73. The maximum atomic E-state index is 12.1. The van der Waals surface area contributed by atoms with Gasteiger partial charge in [-0.15, -0.1) is 0 Å². The number of benzene rings is 1. The second-order valence-corrected chi connectivity index (χ2v) is 6.54. The summed E-state index contributed by atoms with van der Waals surface area (Å²) in [5, 5.41) is 6.81. The van der Waals surface area contributed by atoms with Crippen LogP contribution in [0, 0.1) is 5.92 Å². The molecule has 0 spiro atoms. The summed E-state index contributed by atoms with van der Waals surface area (Å²) < 4.78 is 5.07. The van der Waals surface area contributed by atoms with Crippen molar-refractivity contribution in [2.75, 3.05) is 6.61 Å². The second-order valence-electron chi connectivity index (χ2n) is 5.76. The molecule has 1 amide bonds. The van der Waals surface area contributed by atoms with Crippen LogP contribution in [0.3, 0.4) is 0 Å². The van der Waals surface area contributed by atoms with E-state index in [2.05, 4.69) is 5.32 Å². The number of thiophene rings is 1. The minimum Gasteiger partial charge on any atom is -0.455 e. The van der Waals surface area contributed by atoms with Gasteiger partial charge in [0.25, 0.3) is 5.91 Å². The molecule has 3 rings (SSSR count). The molecule has 5 heteroatoms. The highest BCUT2D eigenvalue weighted by molar-refractivity contribution is 7.07. The molecule has 1 heterocycles. The van der Waals surface area contributed by atoms with E-state index in [1.807, 2.05) is 47.2 Å². The fourth-order valence-corrected chi connectivity index (χ4v) is 3.20. The normalized spacial score (nSPS) is 15.0. The van der Waals surface area contributed by atoms with Gasteiger partial charge in [0.15, 0.2) is 6.61 Å². The monoisotopic (exact) mass is 329 g/mol. The maximum absolute atomic E-state index is 12.1. The summed E-state index contributed by atoms with van der Waals surface area (Å²) in [4.78, 5) is 23.8. The van der Waals surface area contributed by atoms with Gasteiger partial charge in [0.1, 0.15) is 0 Å². The summed E-state index contributed by atoms with van der Waals surface area (Å²) >= 11 is 1.54. The van der Waals surface area contributed by atoms with Crippen LogP contribution in [-0.2, 0) is 20.7 Å². The number of carbonyl (C=O) groups excluding carboxylic acids is 2. The van der Waals surface area contributed by atoms with Gasteiger partial charge in [0.05, 0.1) is 12.5 Å². The van der Waals surface area contributed by atoms with E-state index in [9.17, 15) is 9.59 Å². The van der Waals surface area contributed by atoms with Crippen LogP contribution in [0.2, 0.25) is 0 Å². The fraction of sp³-hybridized carbons (Fsp3) is 0.333. The standard InChI is InChI=1S/C18H19NO3S/c20-16(11-22-17(21)10-13-8-9-23-12-13)19-18(15-6-7-15)14-4-2-1-3-5-14/h1-5,8-9,12,15,18H,6-7,10-11H2,(H,19,20)/t18-/m1/s1. The van der Waals surface area contributed by atoms with E-state index < -0.39 is 0 Å².